The summed E-state index contributed by atoms with van der Waals surface area (Å²) < 4.78 is 17.8. The van der Waals surface area contributed by atoms with E-state index < -0.39 is 32.4 Å². The van der Waals surface area contributed by atoms with E-state index >= 15 is 0 Å². The maximum Gasteiger partial charge on any atom is 0.252 e. The lowest BCUT2D eigenvalue weighted by Crippen LogP contribution is -2.49. The first-order valence-corrected chi connectivity index (χ1v) is 12.7. The Kier molecular flexibility index (Phi) is 7.10. The molecule has 2 N–H and O–H groups in total. The zero-order valence-corrected chi connectivity index (χ0v) is 19.1. The van der Waals surface area contributed by atoms with Gasteiger partial charge in [0, 0.05) is 6.54 Å². The Hall–Kier alpha value is -1.25. The Morgan fingerprint density at radius 2 is 1.86 bits per heavy atom. The molecule has 1 aliphatic heterocycles. The molecule has 0 spiro atoms. The standard InChI is InChI=1S/C21H35NO5Si/c1-20(2,3)28(6,7)25-14-16(23)17-18(27-21(4,5)26-17)19(24)22-13-15-11-9-8-10-12-15/h8-12,16-18,23H,13-14H2,1-7H3,(H,22,24)/t16-,17+,18+/m1/s1. The predicted molar refractivity (Wildman–Crippen MR) is 111 cm³/mol. The first kappa shape index (κ1) is 23.0. The third kappa shape index (κ3) is 5.87. The Bertz CT molecular complexity index is 657. The Morgan fingerprint density at radius 1 is 1.25 bits per heavy atom. The molecule has 0 unspecified atom stereocenters. The van der Waals surface area contributed by atoms with Gasteiger partial charge < -0.3 is 24.3 Å². The van der Waals surface area contributed by atoms with Gasteiger partial charge in [-0.2, -0.15) is 0 Å². The summed E-state index contributed by atoms with van der Waals surface area (Å²) in [5, 5.41) is 13.6. The van der Waals surface area contributed by atoms with Gasteiger partial charge in [0.2, 0.25) is 0 Å². The summed E-state index contributed by atoms with van der Waals surface area (Å²) >= 11 is 0. The van der Waals surface area contributed by atoms with Gasteiger partial charge in [0.15, 0.2) is 20.2 Å². The monoisotopic (exact) mass is 409 g/mol. The molecule has 3 atom stereocenters. The van der Waals surface area contributed by atoms with Crippen LogP contribution in [-0.4, -0.2) is 50.0 Å². The van der Waals surface area contributed by atoms with Gasteiger partial charge in [0.25, 0.3) is 5.91 Å². The molecule has 7 heteroatoms. The molecule has 0 bridgehead atoms. The highest BCUT2D eigenvalue weighted by Crippen LogP contribution is 2.37. The van der Waals surface area contributed by atoms with Gasteiger partial charge in [-0.05, 0) is 37.5 Å². The first-order valence-electron chi connectivity index (χ1n) is 9.82. The molecule has 28 heavy (non-hydrogen) atoms. The third-order valence-corrected chi connectivity index (χ3v) is 10.00. The fourth-order valence-corrected chi connectivity index (χ4v) is 3.78. The smallest absolute Gasteiger partial charge is 0.252 e. The van der Waals surface area contributed by atoms with E-state index in [1.165, 1.54) is 0 Å². The zero-order valence-electron chi connectivity index (χ0n) is 18.1. The highest BCUT2D eigenvalue weighted by atomic mass is 28.4. The number of ether oxygens (including phenoxy) is 2. The number of hydrogen-bond donors (Lipinski definition) is 2. The van der Waals surface area contributed by atoms with Crippen LogP contribution in [0, 0.1) is 0 Å². The molecule has 1 amide bonds. The summed E-state index contributed by atoms with van der Waals surface area (Å²) in [7, 11) is -2.02. The maximum absolute atomic E-state index is 12.7. The van der Waals surface area contributed by atoms with Crippen LogP contribution in [0.2, 0.25) is 18.1 Å². The molecular formula is C21H35NO5Si. The SMILES string of the molecule is CC1(C)O[C@@H]([C@H](O)CO[Si](C)(C)C(C)(C)C)[C@@H](C(=O)NCc2ccccc2)O1. The van der Waals surface area contributed by atoms with Gasteiger partial charge in [-0.1, -0.05) is 51.1 Å². The lowest BCUT2D eigenvalue weighted by Gasteiger charge is -2.37. The number of aliphatic hydroxyl groups excluding tert-OH is 1. The number of hydrogen-bond acceptors (Lipinski definition) is 5. The van der Waals surface area contributed by atoms with E-state index in [0.29, 0.717) is 6.54 Å². The van der Waals surface area contributed by atoms with Gasteiger partial charge >= 0.3 is 0 Å². The second kappa shape index (κ2) is 8.63. The van der Waals surface area contributed by atoms with Gasteiger partial charge in [0.05, 0.1) is 6.61 Å². The molecule has 1 saturated heterocycles. The van der Waals surface area contributed by atoms with E-state index in [0.717, 1.165) is 5.56 Å². The lowest BCUT2D eigenvalue weighted by atomic mass is 10.1. The molecule has 1 aliphatic rings. The number of carbonyl (C=O) groups excluding carboxylic acids is 1. The van der Waals surface area contributed by atoms with E-state index in [-0.39, 0.29) is 17.6 Å². The highest BCUT2D eigenvalue weighted by Gasteiger charge is 2.49. The van der Waals surface area contributed by atoms with Crippen LogP contribution in [0.4, 0.5) is 0 Å². The molecule has 1 heterocycles. The molecule has 1 aromatic rings. The van der Waals surface area contributed by atoms with Crippen LogP contribution in [-0.2, 0) is 25.2 Å². The van der Waals surface area contributed by atoms with Crippen molar-refractivity contribution in [3.8, 4) is 0 Å². The number of rotatable bonds is 7. The second-order valence-electron chi connectivity index (χ2n) is 9.36. The van der Waals surface area contributed by atoms with Crippen molar-refractivity contribution in [2.45, 2.75) is 83.4 Å². The fourth-order valence-electron chi connectivity index (χ4n) is 2.76. The average molecular weight is 410 g/mol. The summed E-state index contributed by atoms with van der Waals surface area (Å²) in [5.74, 6) is -1.25. The van der Waals surface area contributed by atoms with E-state index in [4.69, 9.17) is 13.9 Å². The summed E-state index contributed by atoms with van der Waals surface area (Å²) in [6.07, 6.45) is -2.63. The van der Waals surface area contributed by atoms with Crippen molar-refractivity contribution in [1.82, 2.24) is 5.32 Å². The van der Waals surface area contributed by atoms with Crippen LogP contribution in [0.25, 0.3) is 0 Å². The van der Waals surface area contributed by atoms with E-state index in [9.17, 15) is 9.90 Å². The molecule has 0 saturated carbocycles. The number of nitrogens with one attached hydrogen (secondary N) is 1. The minimum absolute atomic E-state index is 0.0332. The number of amides is 1. The lowest BCUT2D eigenvalue weighted by molar-refractivity contribution is -0.161. The maximum atomic E-state index is 12.7. The third-order valence-electron chi connectivity index (χ3n) is 5.50. The summed E-state index contributed by atoms with van der Waals surface area (Å²) in [6.45, 7) is 14.7. The minimum atomic E-state index is -2.02. The van der Waals surface area contributed by atoms with Gasteiger partial charge in [-0.15, -0.1) is 0 Å². The van der Waals surface area contributed by atoms with Crippen molar-refractivity contribution >= 4 is 14.2 Å². The largest absolute Gasteiger partial charge is 0.414 e. The van der Waals surface area contributed by atoms with E-state index in [1.54, 1.807) is 13.8 Å². The molecule has 0 aromatic heterocycles. The van der Waals surface area contributed by atoms with Gasteiger partial charge in [-0.3, -0.25) is 4.79 Å². The highest BCUT2D eigenvalue weighted by molar-refractivity contribution is 6.74. The Balaban J connectivity index is 2.01. The van der Waals surface area contributed by atoms with E-state index in [1.807, 2.05) is 30.3 Å². The molecule has 6 nitrogen and oxygen atoms in total. The topological polar surface area (TPSA) is 77.0 Å². The molecule has 1 aromatic carbocycles. The van der Waals surface area contributed by atoms with Crippen molar-refractivity contribution in [3.63, 3.8) is 0 Å². The van der Waals surface area contributed by atoms with Crippen molar-refractivity contribution in [2.24, 2.45) is 0 Å². The summed E-state index contributed by atoms with van der Waals surface area (Å²) in [5.41, 5.74) is 0.993. The fraction of sp³-hybridized carbons (Fsp3) is 0.667. The number of benzene rings is 1. The van der Waals surface area contributed by atoms with Crippen LogP contribution >= 0.6 is 0 Å². The Morgan fingerprint density at radius 3 is 2.43 bits per heavy atom. The molecule has 2 rings (SSSR count). The van der Waals surface area contributed by atoms with Crippen LogP contribution < -0.4 is 5.32 Å². The van der Waals surface area contributed by atoms with Crippen LogP contribution in [0.3, 0.4) is 0 Å². The van der Waals surface area contributed by atoms with Crippen LogP contribution in [0.5, 0.6) is 0 Å². The van der Waals surface area contributed by atoms with Crippen LogP contribution in [0.1, 0.15) is 40.2 Å². The normalized spacial score (nSPS) is 23.4. The second-order valence-corrected chi connectivity index (χ2v) is 14.2. The van der Waals surface area contributed by atoms with Crippen molar-refractivity contribution in [3.05, 3.63) is 35.9 Å². The summed E-state index contributed by atoms with van der Waals surface area (Å²) in [4.78, 5) is 12.7. The number of aliphatic hydroxyl groups is 1. The molecule has 158 valence electrons. The molecule has 0 aliphatic carbocycles. The quantitative estimate of drug-likeness (QED) is 0.676. The van der Waals surface area contributed by atoms with Crippen molar-refractivity contribution < 1.29 is 23.8 Å². The van der Waals surface area contributed by atoms with E-state index in [2.05, 4.69) is 39.2 Å². The minimum Gasteiger partial charge on any atom is -0.414 e. The molecule has 1 fully saturated rings. The van der Waals surface area contributed by atoms with Crippen molar-refractivity contribution in [2.75, 3.05) is 6.61 Å². The zero-order chi connectivity index (χ0) is 21.2. The molecular weight excluding hydrogens is 374 g/mol. The summed E-state index contributed by atoms with van der Waals surface area (Å²) in [6, 6.07) is 9.65. The van der Waals surface area contributed by atoms with Crippen LogP contribution in [0.15, 0.2) is 30.3 Å². The number of carbonyl (C=O) groups is 1. The van der Waals surface area contributed by atoms with Crippen molar-refractivity contribution in [1.29, 1.82) is 0 Å². The van der Waals surface area contributed by atoms with Gasteiger partial charge in [0.1, 0.15) is 12.2 Å². The van der Waals surface area contributed by atoms with Gasteiger partial charge in [-0.25, -0.2) is 0 Å². The molecule has 0 radical (unpaired) electrons. The average Bonchev–Trinajstić information content (AvgIpc) is 2.93. The Labute approximate surface area is 169 Å². The predicted octanol–water partition coefficient (Wildman–Crippen LogP) is 3.21. The first-order chi connectivity index (χ1) is 12.8.